The zero-order chi connectivity index (χ0) is 11.8. The largest absolute Gasteiger partial charge is 0.380 e. The Hall–Kier alpha value is -0.160. The van der Waals surface area contributed by atoms with Crippen LogP contribution in [0.25, 0.3) is 0 Å². The van der Waals surface area contributed by atoms with Gasteiger partial charge in [0.15, 0.2) is 5.79 Å². The van der Waals surface area contributed by atoms with Gasteiger partial charge in [0.25, 0.3) is 0 Å². The summed E-state index contributed by atoms with van der Waals surface area (Å²) in [5.41, 5.74) is 0.371. The molecule has 0 aromatic heterocycles. The monoisotopic (exact) mass is 241 g/mol. The van der Waals surface area contributed by atoms with Gasteiger partial charge >= 0.3 is 0 Å². The van der Waals surface area contributed by atoms with Gasteiger partial charge in [0, 0.05) is 30.8 Å². The van der Waals surface area contributed by atoms with E-state index in [2.05, 4.69) is 12.2 Å². The molecule has 3 aliphatic rings. The van der Waals surface area contributed by atoms with E-state index in [0.29, 0.717) is 11.5 Å². The molecule has 0 radical (unpaired) electrons. The minimum absolute atomic E-state index is 0.221. The molecule has 2 aliphatic heterocycles. The Morgan fingerprint density at radius 3 is 2.29 bits per heavy atom. The Kier molecular flexibility index (Phi) is 3.15. The zero-order valence-electron chi connectivity index (χ0n) is 10.7. The quantitative estimate of drug-likeness (QED) is 0.808. The molecule has 1 spiro atoms. The summed E-state index contributed by atoms with van der Waals surface area (Å²) < 4.78 is 16.7. The summed E-state index contributed by atoms with van der Waals surface area (Å²) >= 11 is 0. The van der Waals surface area contributed by atoms with Gasteiger partial charge in [0.2, 0.25) is 0 Å². The first-order valence-electron chi connectivity index (χ1n) is 6.79. The summed E-state index contributed by atoms with van der Waals surface area (Å²) in [6.45, 7) is 6.72. The molecule has 2 saturated heterocycles. The fraction of sp³-hybridized carbons (Fsp3) is 1.00. The molecular formula is C13H23NO3. The van der Waals surface area contributed by atoms with Gasteiger partial charge in [0.05, 0.1) is 26.4 Å². The van der Waals surface area contributed by atoms with Crippen LogP contribution in [0.3, 0.4) is 0 Å². The molecular weight excluding hydrogens is 218 g/mol. The van der Waals surface area contributed by atoms with Gasteiger partial charge in [-0.2, -0.15) is 0 Å². The van der Waals surface area contributed by atoms with Crippen LogP contribution in [-0.4, -0.2) is 44.8 Å². The highest BCUT2D eigenvalue weighted by Crippen LogP contribution is 2.36. The van der Waals surface area contributed by atoms with E-state index >= 15 is 0 Å². The van der Waals surface area contributed by atoms with Crippen molar-refractivity contribution >= 4 is 0 Å². The van der Waals surface area contributed by atoms with Crippen LogP contribution in [0, 0.1) is 5.41 Å². The van der Waals surface area contributed by atoms with E-state index in [4.69, 9.17) is 14.2 Å². The van der Waals surface area contributed by atoms with E-state index < -0.39 is 0 Å². The van der Waals surface area contributed by atoms with Crippen molar-refractivity contribution in [1.29, 1.82) is 0 Å². The van der Waals surface area contributed by atoms with Crippen LogP contribution in [0.4, 0.5) is 0 Å². The van der Waals surface area contributed by atoms with Crippen LogP contribution in [-0.2, 0) is 14.2 Å². The average molecular weight is 241 g/mol. The van der Waals surface area contributed by atoms with Gasteiger partial charge in [0.1, 0.15) is 0 Å². The summed E-state index contributed by atoms with van der Waals surface area (Å²) in [4.78, 5) is 0. The van der Waals surface area contributed by atoms with Crippen molar-refractivity contribution in [3.63, 3.8) is 0 Å². The predicted molar refractivity (Wildman–Crippen MR) is 63.8 cm³/mol. The summed E-state index contributed by atoms with van der Waals surface area (Å²) in [7, 11) is 0. The molecule has 0 amide bonds. The number of hydrogen-bond donors (Lipinski definition) is 1. The smallest absolute Gasteiger partial charge is 0.168 e. The van der Waals surface area contributed by atoms with Crippen LogP contribution < -0.4 is 5.32 Å². The second kappa shape index (κ2) is 4.50. The predicted octanol–water partition coefficient (Wildman–Crippen LogP) is 1.30. The highest BCUT2D eigenvalue weighted by molar-refractivity contribution is 4.89. The molecule has 1 saturated carbocycles. The van der Waals surface area contributed by atoms with Gasteiger partial charge in [-0.15, -0.1) is 0 Å². The van der Waals surface area contributed by atoms with Crippen molar-refractivity contribution in [3.8, 4) is 0 Å². The lowest BCUT2D eigenvalue weighted by atomic mass is 9.86. The fourth-order valence-corrected chi connectivity index (χ4v) is 2.99. The Morgan fingerprint density at radius 1 is 1.12 bits per heavy atom. The van der Waals surface area contributed by atoms with E-state index in [0.717, 1.165) is 58.7 Å². The highest BCUT2D eigenvalue weighted by Gasteiger charge is 2.41. The molecule has 0 unspecified atom stereocenters. The molecule has 3 rings (SSSR count). The second-order valence-corrected chi connectivity index (χ2v) is 6.07. The lowest BCUT2D eigenvalue weighted by Crippen LogP contribution is -2.51. The van der Waals surface area contributed by atoms with Crippen molar-refractivity contribution < 1.29 is 14.2 Å². The minimum atomic E-state index is -0.221. The third-order valence-corrected chi connectivity index (χ3v) is 4.28. The normalized spacial score (nSPS) is 31.6. The third-order valence-electron chi connectivity index (χ3n) is 4.28. The summed E-state index contributed by atoms with van der Waals surface area (Å²) in [6.07, 6.45) is 4.41. The van der Waals surface area contributed by atoms with E-state index in [-0.39, 0.29) is 5.79 Å². The van der Waals surface area contributed by atoms with Crippen molar-refractivity contribution in [2.45, 2.75) is 44.4 Å². The van der Waals surface area contributed by atoms with Crippen LogP contribution in [0.5, 0.6) is 0 Å². The maximum absolute atomic E-state index is 5.74. The molecule has 1 N–H and O–H groups in total. The van der Waals surface area contributed by atoms with Crippen molar-refractivity contribution in [1.82, 2.24) is 5.32 Å². The molecule has 0 aromatic rings. The second-order valence-electron chi connectivity index (χ2n) is 6.07. The number of nitrogens with one attached hydrogen (secondary N) is 1. The third kappa shape index (κ3) is 2.50. The number of ether oxygens (including phenoxy) is 3. The number of rotatable bonds is 3. The summed E-state index contributed by atoms with van der Waals surface area (Å²) in [5.74, 6) is -0.221. The van der Waals surface area contributed by atoms with Crippen LogP contribution in [0.15, 0.2) is 0 Å². The van der Waals surface area contributed by atoms with Gasteiger partial charge in [-0.05, 0) is 12.8 Å². The Labute approximate surface area is 103 Å². The molecule has 4 nitrogen and oxygen atoms in total. The van der Waals surface area contributed by atoms with Crippen molar-refractivity contribution in [2.24, 2.45) is 5.41 Å². The van der Waals surface area contributed by atoms with E-state index in [1.807, 2.05) is 0 Å². The average Bonchev–Trinajstić information content (AvgIpc) is 2.75. The first-order valence-corrected chi connectivity index (χ1v) is 6.79. The summed E-state index contributed by atoms with van der Waals surface area (Å²) in [6, 6.07) is 0.630. The molecule has 1 aliphatic carbocycles. The van der Waals surface area contributed by atoms with Crippen LogP contribution >= 0.6 is 0 Å². The van der Waals surface area contributed by atoms with Gasteiger partial charge in [-0.25, -0.2) is 0 Å². The van der Waals surface area contributed by atoms with Crippen LogP contribution in [0.1, 0.15) is 32.6 Å². The van der Waals surface area contributed by atoms with Crippen molar-refractivity contribution in [3.05, 3.63) is 0 Å². The highest BCUT2D eigenvalue weighted by atomic mass is 16.7. The molecule has 0 bridgehead atoms. The van der Waals surface area contributed by atoms with Crippen LogP contribution in [0.2, 0.25) is 0 Å². The maximum atomic E-state index is 5.74. The molecule has 98 valence electrons. The lowest BCUT2D eigenvalue weighted by Gasteiger charge is -2.41. The molecule has 4 heteroatoms. The standard InChI is InChI=1S/C13H23NO3/c1-12(9-15-10-12)8-14-11-2-4-13(5-3-11)16-6-7-17-13/h11,14H,2-10H2,1H3. The first kappa shape index (κ1) is 11.9. The Balaban J connectivity index is 1.42. The van der Waals surface area contributed by atoms with Gasteiger partial charge in [-0.1, -0.05) is 6.92 Å². The maximum Gasteiger partial charge on any atom is 0.168 e. The topological polar surface area (TPSA) is 39.7 Å². The van der Waals surface area contributed by atoms with E-state index in [1.165, 1.54) is 0 Å². The van der Waals surface area contributed by atoms with Gasteiger partial charge < -0.3 is 19.5 Å². The molecule has 0 atom stereocenters. The molecule has 0 aromatic carbocycles. The zero-order valence-corrected chi connectivity index (χ0v) is 10.7. The summed E-state index contributed by atoms with van der Waals surface area (Å²) in [5, 5.41) is 3.68. The molecule has 2 heterocycles. The molecule has 17 heavy (non-hydrogen) atoms. The van der Waals surface area contributed by atoms with E-state index in [9.17, 15) is 0 Å². The molecule has 3 fully saturated rings. The van der Waals surface area contributed by atoms with Crippen molar-refractivity contribution in [2.75, 3.05) is 33.0 Å². The van der Waals surface area contributed by atoms with E-state index in [1.54, 1.807) is 0 Å². The van der Waals surface area contributed by atoms with Gasteiger partial charge in [-0.3, -0.25) is 0 Å². The Bertz CT molecular complexity index is 262. The fourth-order valence-electron chi connectivity index (χ4n) is 2.99. The Morgan fingerprint density at radius 2 is 1.76 bits per heavy atom. The first-order chi connectivity index (χ1) is 8.20. The number of hydrogen-bond acceptors (Lipinski definition) is 4. The minimum Gasteiger partial charge on any atom is -0.380 e. The SMILES string of the molecule is CC1(CNC2CCC3(CC2)OCCO3)COC1. The lowest BCUT2D eigenvalue weighted by molar-refractivity contribution is -0.180.